The van der Waals surface area contributed by atoms with Crippen molar-refractivity contribution >= 4 is 5.69 Å². The molecule has 0 unspecified atom stereocenters. The van der Waals surface area contributed by atoms with Crippen molar-refractivity contribution in [3.8, 4) is 23.1 Å². The molecule has 0 aliphatic heterocycles. The summed E-state index contributed by atoms with van der Waals surface area (Å²) in [5, 5.41) is 8.70. The molecule has 1 heterocycles. The van der Waals surface area contributed by atoms with Gasteiger partial charge in [-0.1, -0.05) is 0 Å². The summed E-state index contributed by atoms with van der Waals surface area (Å²) in [6, 6.07) is 8.50. The van der Waals surface area contributed by atoms with Crippen molar-refractivity contribution in [3.05, 3.63) is 42.1 Å². The first-order chi connectivity index (χ1) is 9.39. The predicted molar refractivity (Wildman–Crippen MR) is 65.5 cm³/mol. The van der Waals surface area contributed by atoms with Crippen LogP contribution in [0.5, 0.6) is 5.75 Å². The van der Waals surface area contributed by atoms with Gasteiger partial charge < -0.3 is 10.5 Å². The van der Waals surface area contributed by atoms with Gasteiger partial charge in [0.15, 0.2) is 0 Å². The van der Waals surface area contributed by atoms with E-state index in [1.165, 1.54) is 36.5 Å². The number of ether oxygens (including phenoxy) is 1. The quantitative estimate of drug-likeness (QED) is 0.916. The minimum atomic E-state index is -4.73. The Labute approximate surface area is 112 Å². The normalized spacial score (nSPS) is 10.9. The maximum Gasteiger partial charge on any atom is 0.573 e. The molecule has 20 heavy (non-hydrogen) atoms. The largest absolute Gasteiger partial charge is 0.573 e. The zero-order chi connectivity index (χ0) is 14.8. The maximum atomic E-state index is 12.0. The smallest absolute Gasteiger partial charge is 0.406 e. The molecule has 2 rings (SSSR count). The fourth-order valence-corrected chi connectivity index (χ4v) is 1.60. The highest BCUT2D eigenvalue weighted by atomic mass is 19.4. The topological polar surface area (TPSA) is 71.9 Å². The summed E-state index contributed by atoms with van der Waals surface area (Å²) < 4.78 is 39.8. The standard InChI is InChI=1S/C13H8F3N3O/c14-13(15,16)20-10-3-1-9(2-4-10)12-11(18)5-8(6-17)7-19-12/h1-5,7H,18H2. The second-order valence-corrected chi connectivity index (χ2v) is 3.85. The predicted octanol–water partition coefficient (Wildman–Crippen LogP) is 3.10. The molecule has 0 fully saturated rings. The Balaban J connectivity index is 2.29. The lowest BCUT2D eigenvalue weighted by Gasteiger charge is -2.10. The lowest BCUT2D eigenvalue weighted by molar-refractivity contribution is -0.274. The molecule has 0 saturated carbocycles. The van der Waals surface area contributed by atoms with Crippen molar-refractivity contribution in [1.29, 1.82) is 5.26 Å². The van der Waals surface area contributed by atoms with Gasteiger partial charge in [0.1, 0.15) is 11.8 Å². The van der Waals surface area contributed by atoms with Crippen molar-refractivity contribution in [2.24, 2.45) is 0 Å². The van der Waals surface area contributed by atoms with E-state index in [1.807, 2.05) is 6.07 Å². The summed E-state index contributed by atoms with van der Waals surface area (Å²) in [5.41, 5.74) is 7.24. The van der Waals surface area contributed by atoms with Gasteiger partial charge in [-0.3, -0.25) is 4.98 Å². The third-order valence-corrected chi connectivity index (χ3v) is 2.41. The summed E-state index contributed by atoms with van der Waals surface area (Å²) in [6.07, 6.45) is -3.39. The number of pyridine rings is 1. The van der Waals surface area contributed by atoms with Crippen LogP contribution in [0, 0.1) is 11.3 Å². The molecule has 0 bridgehead atoms. The van der Waals surface area contributed by atoms with Gasteiger partial charge in [-0.05, 0) is 30.3 Å². The van der Waals surface area contributed by atoms with Gasteiger partial charge in [-0.25, -0.2) is 0 Å². The van der Waals surface area contributed by atoms with Crippen LogP contribution in [-0.4, -0.2) is 11.3 Å². The second-order valence-electron chi connectivity index (χ2n) is 3.85. The van der Waals surface area contributed by atoms with Gasteiger partial charge in [-0.2, -0.15) is 5.26 Å². The number of nitrogens with zero attached hydrogens (tertiary/aromatic N) is 2. The third kappa shape index (κ3) is 3.17. The molecule has 4 nitrogen and oxygen atoms in total. The van der Waals surface area contributed by atoms with Gasteiger partial charge in [-0.15, -0.1) is 13.2 Å². The monoisotopic (exact) mass is 279 g/mol. The highest BCUT2D eigenvalue weighted by molar-refractivity contribution is 5.73. The number of nitrogens with two attached hydrogens (primary N) is 1. The number of hydrogen-bond acceptors (Lipinski definition) is 4. The first-order valence-electron chi connectivity index (χ1n) is 5.41. The highest BCUT2D eigenvalue weighted by Gasteiger charge is 2.30. The maximum absolute atomic E-state index is 12.0. The van der Waals surface area contributed by atoms with Crippen molar-refractivity contribution in [1.82, 2.24) is 4.98 Å². The Morgan fingerprint density at radius 3 is 2.35 bits per heavy atom. The van der Waals surface area contributed by atoms with Crippen LogP contribution in [-0.2, 0) is 0 Å². The Hall–Kier alpha value is -2.75. The second kappa shape index (κ2) is 5.09. The Morgan fingerprint density at radius 1 is 1.20 bits per heavy atom. The fourth-order valence-electron chi connectivity index (χ4n) is 1.60. The van der Waals surface area contributed by atoms with E-state index in [9.17, 15) is 13.2 Å². The van der Waals surface area contributed by atoms with Gasteiger partial charge in [0.05, 0.1) is 16.9 Å². The van der Waals surface area contributed by atoms with E-state index in [1.54, 1.807) is 0 Å². The van der Waals surface area contributed by atoms with Crippen LogP contribution in [0.15, 0.2) is 36.5 Å². The lowest BCUT2D eigenvalue weighted by atomic mass is 10.1. The average molecular weight is 279 g/mol. The van der Waals surface area contributed by atoms with E-state index < -0.39 is 6.36 Å². The van der Waals surface area contributed by atoms with E-state index in [4.69, 9.17) is 11.0 Å². The fraction of sp³-hybridized carbons (Fsp3) is 0.0769. The van der Waals surface area contributed by atoms with Crippen LogP contribution < -0.4 is 10.5 Å². The Morgan fingerprint density at radius 2 is 1.85 bits per heavy atom. The van der Waals surface area contributed by atoms with Crippen LogP contribution in [0.25, 0.3) is 11.3 Å². The molecule has 1 aromatic carbocycles. The summed E-state index contributed by atoms with van der Waals surface area (Å²) >= 11 is 0. The molecule has 1 aromatic heterocycles. The average Bonchev–Trinajstić information content (AvgIpc) is 2.38. The van der Waals surface area contributed by atoms with Crippen molar-refractivity contribution in [2.45, 2.75) is 6.36 Å². The van der Waals surface area contributed by atoms with Crippen molar-refractivity contribution < 1.29 is 17.9 Å². The Kier molecular flexibility index (Phi) is 3.48. The van der Waals surface area contributed by atoms with Crippen molar-refractivity contribution in [3.63, 3.8) is 0 Å². The molecule has 0 atom stereocenters. The zero-order valence-electron chi connectivity index (χ0n) is 9.98. The van der Waals surface area contributed by atoms with Gasteiger partial charge in [0.25, 0.3) is 0 Å². The van der Waals surface area contributed by atoms with Crippen LogP contribution in [0.1, 0.15) is 5.56 Å². The molecular weight excluding hydrogens is 271 g/mol. The summed E-state index contributed by atoms with van der Waals surface area (Å²) in [5.74, 6) is -0.325. The molecule has 2 aromatic rings. The summed E-state index contributed by atoms with van der Waals surface area (Å²) in [6.45, 7) is 0. The summed E-state index contributed by atoms with van der Waals surface area (Å²) in [4.78, 5) is 4.01. The molecule has 0 radical (unpaired) electrons. The number of anilines is 1. The minimum absolute atomic E-state index is 0.272. The SMILES string of the molecule is N#Cc1cnc(-c2ccc(OC(F)(F)F)cc2)c(N)c1. The van der Waals surface area contributed by atoms with Crippen LogP contribution in [0.3, 0.4) is 0 Å². The molecule has 102 valence electrons. The van der Waals surface area contributed by atoms with Crippen molar-refractivity contribution in [2.75, 3.05) is 5.73 Å². The molecule has 0 amide bonds. The number of benzene rings is 1. The minimum Gasteiger partial charge on any atom is -0.406 e. The molecule has 2 N–H and O–H groups in total. The molecule has 0 aliphatic carbocycles. The molecule has 0 spiro atoms. The highest BCUT2D eigenvalue weighted by Crippen LogP contribution is 2.28. The number of halogens is 3. The van der Waals surface area contributed by atoms with Gasteiger partial charge in [0.2, 0.25) is 0 Å². The summed E-state index contributed by atoms with van der Waals surface area (Å²) in [7, 11) is 0. The molecule has 0 saturated heterocycles. The number of aromatic nitrogens is 1. The first kappa shape index (κ1) is 13.7. The number of nitriles is 1. The van der Waals surface area contributed by atoms with E-state index in [0.29, 0.717) is 16.8 Å². The molecular formula is C13H8F3N3O. The van der Waals surface area contributed by atoms with E-state index in [0.717, 1.165) is 0 Å². The lowest BCUT2D eigenvalue weighted by Crippen LogP contribution is -2.16. The van der Waals surface area contributed by atoms with Crippen LogP contribution in [0.4, 0.5) is 18.9 Å². The third-order valence-electron chi connectivity index (χ3n) is 2.41. The van der Waals surface area contributed by atoms with E-state index >= 15 is 0 Å². The van der Waals surface area contributed by atoms with Crippen LogP contribution in [0.2, 0.25) is 0 Å². The molecule has 0 aliphatic rings. The van der Waals surface area contributed by atoms with Gasteiger partial charge in [0, 0.05) is 11.8 Å². The zero-order valence-corrected chi connectivity index (χ0v) is 9.98. The van der Waals surface area contributed by atoms with Gasteiger partial charge >= 0.3 is 6.36 Å². The number of alkyl halides is 3. The van der Waals surface area contributed by atoms with E-state index in [2.05, 4.69) is 9.72 Å². The first-order valence-corrected chi connectivity index (χ1v) is 5.41. The Bertz CT molecular complexity index is 660. The number of nitrogen functional groups attached to an aromatic ring is 1. The number of hydrogen-bond donors (Lipinski definition) is 1. The van der Waals surface area contributed by atoms with E-state index in [-0.39, 0.29) is 11.4 Å². The molecule has 7 heteroatoms. The number of rotatable bonds is 2. The van der Waals surface area contributed by atoms with Crippen LogP contribution >= 0.6 is 0 Å².